The van der Waals surface area contributed by atoms with E-state index >= 15 is 0 Å². The Morgan fingerprint density at radius 2 is 1.92 bits per heavy atom. The average molecular weight is 169 g/mol. The second-order valence-corrected chi connectivity index (χ2v) is 4.50. The van der Waals surface area contributed by atoms with Crippen LogP contribution in [0.25, 0.3) is 0 Å². The first kappa shape index (κ1) is 10.0. The zero-order valence-corrected chi connectivity index (χ0v) is 8.84. The van der Waals surface area contributed by atoms with Gasteiger partial charge in [-0.25, -0.2) is 0 Å². The normalized spacial score (nSPS) is 24.2. The summed E-state index contributed by atoms with van der Waals surface area (Å²) in [4.78, 5) is 2.45. The molecule has 1 heterocycles. The quantitative estimate of drug-likeness (QED) is 0.628. The third kappa shape index (κ3) is 3.14. The van der Waals surface area contributed by atoms with Crippen molar-refractivity contribution in [3.63, 3.8) is 0 Å². The SMILES string of the molecule is CCC(C)CC1CCN(C)CC1. The van der Waals surface area contributed by atoms with Crippen LogP contribution in [0.1, 0.15) is 39.5 Å². The van der Waals surface area contributed by atoms with Crippen molar-refractivity contribution in [2.45, 2.75) is 39.5 Å². The fourth-order valence-electron chi connectivity index (χ4n) is 2.03. The predicted molar refractivity (Wildman–Crippen MR) is 54.3 cm³/mol. The molecule has 0 spiro atoms. The van der Waals surface area contributed by atoms with Crippen LogP contribution in [0.3, 0.4) is 0 Å². The van der Waals surface area contributed by atoms with Crippen molar-refractivity contribution in [1.29, 1.82) is 0 Å². The minimum atomic E-state index is 0.943. The Kier molecular flexibility index (Phi) is 4.07. The number of likely N-dealkylation sites (tertiary alicyclic amines) is 1. The molecule has 0 amide bonds. The molecule has 1 unspecified atom stereocenters. The number of piperidine rings is 1. The lowest BCUT2D eigenvalue weighted by Crippen LogP contribution is -2.30. The maximum Gasteiger partial charge on any atom is -0.00191 e. The lowest BCUT2D eigenvalue weighted by Gasteiger charge is -2.30. The molecule has 0 aromatic heterocycles. The van der Waals surface area contributed by atoms with Gasteiger partial charge in [-0.15, -0.1) is 0 Å². The fourth-order valence-corrected chi connectivity index (χ4v) is 2.03. The van der Waals surface area contributed by atoms with Crippen LogP contribution < -0.4 is 0 Å². The highest BCUT2D eigenvalue weighted by molar-refractivity contribution is 4.71. The number of rotatable bonds is 3. The van der Waals surface area contributed by atoms with Gasteiger partial charge >= 0.3 is 0 Å². The minimum Gasteiger partial charge on any atom is -0.306 e. The van der Waals surface area contributed by atoms with E-state index in [-0.39, 0.29) is 0 Å². The van der Waals surface area contributed by atoms with Crippen molar-refractivity contribution in [3.05, 3.63) is 0 Å². The van der Waals surface area contributed by atoms with Crippen LogP contribution in [0.2, 0.25) is 0 Å². The van der Waals surface area contributed by atoms with E-state index in [1.807, 2.05) is 0 Å². The monoisotopic (exact) mass is 169 g/mol. The Morgan fingerprint density at radius 3 is 2.42 bits per heavy atom. The second kappa shape index (κ2) is 4.86. The standard InChI is InChI=1S/C11H23N/c1-4-10(2)9-11-5-7-12(3)8-6-11/h10-11H,4-9H2,1-3H3. The van der Waals surface area contributed by atoms with Crippen LogP contribution >= 0.6 is 0 Å². The van der Waals surface area contributed by atoms with Gasteiger partial charge in [-0.2, -0.15) is 0 Å². The number of hydrogen-bond acceptors (Lipinski definition) is 1. The summed E-state index contributed by atoms with van der Waals surface area (Å²) in [6.45, 7) is 7.33. The third-order valence-corrected chi connectivity index (χ3v) is 3.27. The first-order valence-electron chi connectivity index (χ1n) is 5.41. The molecule has 1 fully saturated rings. The lowest BCUT2D eigenvalue weighted by molar-refractivity contribution is 0.197. The van der Waals surface area contributed by atoms with Crippen LogP contribution in [0.4, 0.5) is 0 Å². The van der Waals surface area contributed by atoms with Gasteiger partial charge in [0.15, 0.2) is 0 Å². The largest absolute Gasteiger partial charge is 0.306 e. The molecular weight excluding hydrogens is 146 g/mol. The molecule has 12 heavy (non-hydrogen) atoms. The van der Waals surface area contributed by atoms with E-state index in [9.17, 15) is 0 Å². The van der Waals surface area contributed by atoms with Gasteiger partial charge in [-0.1, -0.05) is 20.3 Å². The molecule has 0 aromatic rings. The average Bonchev–Trinajstić information content (AvgIpc) is 2.09. The van der Waals surface area contributed by atoms with E-state index in [0.717, 1.165) is 11.8 Å². The molecule has 1 nitrogen and oxygen atoms in total. The summed E-state index contributed by atoms with van der Waals surface area (Å²) in [7, 11) is 2.24. The van der Waals surface area contributed by atoms with Crippen LogP contribution in [0.5, 0.6) is 0 Å². The highest BCUT2D eigenvalue weighted by Crippen LogP contribution is 2.24. The summed E-state index contributed by atoms with van der Waals surface area (Å²) in [5.74, 6) is 1.97. The van der Waals surface area contributed by atoms with E-state index in [1.54, 1.807) is 0 Å². The third-order valence-electron chi connectivity index (χ3n) is 3.27. The van der Waals surface area contributed by atoms with E-state index in [4.69, 9.17) is 0 Å². The Balaban J connectivity index is 2.17. The molecule has 72 valence electrons. The predicted octanol–water partition coefficient (Wildman–Crippen LogP) is 2.76. The minimum absolute atomic E-state index is 0.943. The molecule has 1 heteroatoms. The molecule has 1 saturated heterocycles. The maximum atomic E-state index is 2.45. The van der Waals surface area contributed by atoms with Gasteiger partial charge in [-0.3, -0.25) is 0 Å². The van der Waals surface area contributed by atoms with E-state index in [2.05, 4.69) is 25.8 Å². The molecule has 0 radical (unpaired) electrons. The van der Waals surface area contributed by atoms with Crippen LogP contribution in [0.15, 0.2) is 0 Å². The Labute approximate surface area is 77.1 Å². The van der Waals surface area contributed by atoms with Gasteiger partial charge in [0.2, 0.25) is 0 Å². The molecule has 1 aliphatic heterocycles. The van der Waals surface area contributed by atoms with Crippen LogP contribution in [0, 0.1) is 11.8 Å². The van der Waals surface area contributed by atoms with Crippen molar-refractivity contribution < 1.29 is 0 Å². The molecule has 0 saturated carbocycles. The molecule has 0 aliphatic carbocycles. The Bertz CT molecular complexity index is 114. The van der Waals surface area contributed by atoms with E-state index in [0.29, 0.717) is 0 Å². The van der Waals surface area contributed by atoms with Gasteiger partial charge in [-0.05, 0) is 51.2 Å². The first-order valence-corrected chi connectivity index (χ1v) is 5.41. The summed E-state index contributed by atoms with van der Waals surface area (Å²) < 4.78 is 0. The first-order chi connectivity index (χ1) is 5.72. The van der Waals surface area contributed by atoms with Gasteiger partial charge in [0.1, 0.15) is 0 Å². The van der Waals surface area contributed by atoms with Gasteiger partial charge in [0.05, 0.1) is 0 Å². The molecule has 0 N–H and O–H groups in total. The van der Waals surface area contributed by atoms with Crippen molar-refractivity contribution in [2.75, 3.05) is 20.1 Å². The topological polar surface area (TPSA) is 3.24 Å². The molecular formula is C11H23N. The van der Waals surface area contributed by atoms with E-state index in [1.165, 1.54) is 38.8 Å². The maximum absolute atomic E-state index is 2.45. The number of nitrogens with zero attached hydrogens (tertiary/aromatic N) is 1. The zero-order chi connectivity index (χ0) is 8.97. The highest BCUT2D eigenvalue weighted by atomic mass is 15.1. The Morgan fingerprint density at radius 1 is 1.33 bits per heavy atom. The van der Waals surface area contributed by atoms with Gasteiger partial charge in [0.25, 0.3) is 0 Å². The smallest absolute Gasteiger partial charge is 0.00191 e. The van der Waals surface area contributed by atoms with Gasteiger partial charge < -0.3 is 4.90 Å². The fraction of sp³-hybridized carbons (Fsp3) is 1.00. The molecule has 1 aliphatic rings. The zero-order valence-electron chi connectivity index (χ0n) is 8.84. The Hall–Kier alpha value is -0.0400. The molecule has 1 atom stereocenters. The molecule has 0 bridgehead atoms. The van der Waals surface area contributed by atoms with Gasteiger partial charge in [0, 0.05) is 0 Å². The van der Waals surface area contributed by atoms with Crippen molar-refractivity contribution >= 4 is 0 Å². The van der Waals surface area contributed by atoms with Crippen molar-refractivity contribution in [3.8, 4) is 0 Å². The highest BCUT2D eigenvalue weighted by Gasteiger charge is 2.17. The second-order valence-electron chi connectivity index (χ2n) is 4.50. The van der Waals surface area contributed by atoms with Crippen LogP contribution in [-0.4, -0.2) is 25.0 Å². The van der Waals surface area contributed by atoms with Crippen LogP contribution in [-0.2, 0) is 0 Å². The summed E-state index contributed by atoms with van der Waals surface area (Å²) in [5.41, 5.74) is 0. The lowest BCUT2D eigenvalue weighted by atomic mass is 9.87. The van der Waals surface area contributed by atoms with Crippen molar-refractivity contribution in [2.24, 2.45) is 11.8 Å². The summed E-state index contributed by atoms with van der Waals surface area (Å²) in [5, 5.41) is 0. The molecule has 1 rings (SSSR count). The summed E-state index contributed by atoms with van der Waals surface area (Å²) in [6, 6.07) is 0. The van der Waals surface area contributed by atoms with E-state index < -0.39 is 0 Å². The molecule has 0 aromatic carbocycles. The summed E-state index contributed by atoms with van der Waals surface area (Å²) >= 11 is 0. The van der Waals surface area contributed by atoms with Crippen molar-refractivity contribution in [1.82, 2.24) is 4.90 Å². The summed E-state index contributed by atoms with van der Waals surface area (Å²) in [6.07, 6.45) is 5.68. The number of hydrogen-bond donors (Lipinski definition) is 0.